The van der Waals surface area contributed by atoms with E-state index in [0.29, 0.717) is 10.9 Å². The molecule has 2 aromatic rings. The summed E-state index contributed by atoms with van der Waals surface area (Å²) in [6.45, 7) is 0. The maximum absolute atomic E-state index is 12.7. The molecule has 1 atom stereocenters. The lowest BCUT2D eigenvalue weighted by molar-refractivity contribution is -0.127. The van der Waals surface area contributed by atoms with Crippen molar-refractivity contribution in [3.05, 3.63) is 71.5 Å². The Morgan fingerprint density at radius 1 is 1.09 bits per heavy atom. The minimum Gasteiger partial charge on any atom is -0.460 e. The van der Waals surface area contributed by atoms with Crippen molar-refractivity contribution in [1.82, 2.24) is 14.8 Å². The minimum atomic E-state index is -1.06. The zero-order chi connectivity index (χ0) is 16.4. The molecule has 23 heavy (non-hydrogen) atoms. The third-order valence-corrected chi connectivity index (χ3v) is 4.08. The Morgan fingerprint density at radius 3 is 2.43 bits per heavy atom. The van der Waals surface area contributed by atoms with E-state index in [1.165, 1.54) is 29.5 Å². The summed E-state index contributed by atoms with van der Waals surface area (Å²) >= 11 is 18.0. The highest BCUT2D eigenvalue weighted by Gasteiger charge is 2.34. The van der Waals surface area contributed by atoms with Crippen molar-refractivity contribution in [3.63, 3.8) is 0 Å². The van der Waals surface area contributed by atoms with E-state index in [1.807, 2.05) is 0 Å². The van der Waals surface area contributed by atoms with Crippen molar-refractivity contribution in [2.45, 2.75) is 6.23 Å². The molecular formula is C15H9Cl3N3O2. The molecule has 1 heterocycles. The summed E-state index contributed by atoms with van der Waals surface area (Å²) in [5.41, 5.74) is 0. The molecule has 0 bridgehead atoms. The first kappa shape index (κ1) is 16.6. The van der Waals surface area contributed by atoms with Gasteiger partial charge >= 0.3 is 0 Å². The summed E-state index contributed by atoms with van der Waals surface area (Å²) in [5.74, 6) is 0.422. The van der Waals surface area contributed by atoms with Crippen LogP contribution in [-0.2, 0) is 4.79 Å². The van der Waals surface area contributed by atoms with Crippen LogP contribution in [0.2, 0.25) is 15.1 Å². The lowest BCUT2D eigenvalue weighted by Gasteiger charge is -2.21. The lowest BCUT2D eigenvalue weighted by atomic mass is 10.0. The molecule has 0 amide bonds. The molecule has 0 saturated heterocycles. The second-order valence-corrected chi connectivity index (χ2v) is 5.80. The van der Waals surface area contributed by atoms with Gasteiger partial charge in [0.25, 0.3) is 6.23 Å². The van der Waals surface area contributed by atoms with Crippen LogP contribution in [0.4, 0.5) is 0 Å². The number of ketones is 1. The van der Waals surface area contributed by atoms with Crippen molar-refractivity contribution in [2.75, 3.05) is 0 Å². The van der Waals surface area contributed by atoms with Crippen LogP contribution in [0.3, 0.4) is 0 Å². The van der Waals surface area contributed by atoms with E-state index in [1.54, 1.807) is 25.7 Å². The summed E-state index contributed by atoms with van der Waals surface area (Å²) in [6, 6.07) is 2.90. The van der Waals surface area contributed by atoms with E-state index in [4.69, 9.17) is 39.5 Å². The van der Waals surface area contributed by atoms with Gasteiger partial charge in [0.1, 0.15) is 18.4 Å². The molecule has 1 fully saturated rings. The lowest BCUT2D eigenvalue weighted by Crippen LogP contribution is -2.29. The van der Waals surface area contributed by atoms with Crippen molar-refractivity contribution < 1.29 is 9.53 Å². The summed E-state index contributed by atoms with van der Waals surface area (Å²) in [6.07, 6.45) is 8.53. The number of ether oxygens (including phenoxy) is 1. The van der Waals surface area contributed by atoms with Crippen LogP contribution in [0.5, 0.6) is 5.75 Å². The van der Waals surface area contributed by atoms with E-state index in [-0.39, 0.29) is 21.6 Å². The van der Waals surface area contributed by atoms with E-state index < -0.39 is 6.23 Å². The molecule has 1 aliphatic rings. The number of carbonyl (C=O) groups is 1. The van der Waals surface area contributed by atoms with Crippen LogP contribution in [0.1, 0.15) is 6.23 Å². The Kier molecular flexibility index (Phi) is 5.09. The molecule has 1 aliphatic carbocycles. The van der Waals surface area contributed by atoms with Gasteiger partial charge in [-0.15, -0.1) is 0 Å². The quantitative estimate of drug-likeness (QED) is 0.752. The number of benzene rings is 1. The minimum absolute atomic E-state index is 0.224. The van der Waals surface area contributed by atoms with Crippen LogP contribution < -0.4 is 4.74 Å². The number of rotatable bonds is 5. The van der Waals surface area contributed by atoms with Gasteiger partial charge in [-0.05, 0) is 31.7 Å². The number of aromatic nitrogens is 3. The largest absolute Gasteiger partial charge is 0.460 e. The smallest absolute Gasteiger partial charge is 0.252 e. The number of Topliss-reactive ketones (excluding diaryl/α,β-unsaturated/α-hetero) is 1. The summed E-state index contributed by atoms with van der Waals surface area (Å²) in [7, 11) is 0. The highest BCUT2D eigenvalue weighted by atomic mass is 35.5. The second kappa shape index (κ2) is 7.07. The Labute approximate surface area is 148 Å². The van der Waals surface area contributed by atoms with Crippen LogP contribution in [0.15, 0.2) is 24.8 Å². The molecule has 1 aromatic heterocycles. The fourth-order valence-corrected chi connectivity index (χ4v) is 2.54. The second-order valence-electron chi connectivity index (χ2n) is 4.58. The maximum atomic E-state index is 12.7. The molecule has 1 unspecified atom stereocenters. The summed E-state index contributed by atoms with van der Waals surface area (Å²) in [4.78, 5) is 16.5. The monoisotopic (exact) mass is 368 g/mol. The first-order valence-corrected chi connectivity index (χ1v) is 7.61. The number of hydrogen-bond donors (Lipinski definition) is 0. The van der Waals surface area contributed by atoms with Crippen molar-refractivity contribution >= 4 is 40.6 Å². The normalized spacial score (nSPS) is 16.5. The molecule has 117 valence electrons. The van der Waals surface area contributed by atoms with E-state index in [2.05, 4.69) is 10.1 Å². The zero-order valence-electron chi connectivity index (χ0n) is 11.5. The van der Waals surface area contributed by atoms with E-state index in [9.17, 15) is 4.79 Å². The predicted octanol–water partition coefficient (Wildman–Crippen LogP) is 3.79. The van der Waals surface area contributed by atoms with Crippen LogP contribution in [0, 0.1) is 31.6 Å². The molecule has 1 saturated carbocycles. The number of halogens is 3. The van der Waals surface area contributed by atoms with Gasteiger partial charge in [-0.2, -0.15) is 5.10 Å². The third-order valence-electron chi connectivity index (χ3n) is 3.06. The average molecular weight is 370 g/mol. The van der Waals surface area contributed by atoms with Crippen LogP contribution >= 0.6 is 34.8 Å². The average Bonchev–Trinajstić information content (AvgIpc) is 3.21. The predicted molar refractivity (Wildman–Crippen MR) is 86.6 cm³/mol. The first-order valence-electron chi connectivity index (χ1n) is 6.47. The Morgan fingerprint density at radius 2 is 1.78 bits per heavy atom. The fourth-order valence-electron chi connectivity index (χ4n) is 1.96. The van der Waals surface area contributed by atoms with Gasteiger partial charge in [-0.1, -0.05) is 34.8 Å². The molecule has 5 radical (unpaired) electrons. The standard InChI is InChI=1S/C15H9Cl3N3O2/c16-10-5-12(18)13(6-11(10)17)23-15(21-8-19-7-20-21)14(22)9-3-1-2-4-9/h1-8,15H. The molecule has 3 rings (SSSR count). The fraction of sp³-hybridized carbons (Fsp3) is 0.0667. The molecule has 0 N–H and O–H groups in total. The molecular weight excluding hydrogens is 361 g/mol. The SMILES string of the molecule is O=C([C]1[CH][CH][CH][CH]1)C(Oc1cc(Cl)c(Cl)cc1Cl)n1cncn1. The van der Waals surface area contributed by atoms with Gasteiger partial charge in [0.15, 0.2) is 0 Å². The summed E-state index contributed by atoms with van der Waals surface area (Å²) < 4.78 is 7.05. The van der Waals surface area contributed by atoms with E-state index >= 15 is 0 Å². The Balaban J connectivity index is 1.90. The van der Waals surface area contributed by atoms with E-state index in [0.717, 1.165) is 0 Å². The van der Waals surface area contributed by atoms with Crippen molar-refractivity contribution in [2.24, 2.45) is 0 Å². The molecule has 0 aliphatic heterocycles. The van der Waals surface area contributed by atoms with Crippen LogP contribution in [-0.4, -0.2) is 20.5 Å². The Bertz CT molecular complexity index is 700. The number of hydrogen-bond acceptors (Lipinski definition) is 4. The van der Waals surface area contributed by atoms with Gasteiger partial charge in [-0.25, -0.2) is 9.67 Å². The Hall–Kier alpha value is -1.30. The molecule has 5 nitrogen and oxygen atoms in total. The third kappa shape index (κ3) is 3.62. The molecule has 8 heteroatoms. The van der Waals surface area contributed by atoms with Crippen molar-refractivity contribution in [3.8, 4) is 5.75 Å². The van der Waals surface area contributed by atoms with Crippen molar-refractivity contribution in [1.29, 1.82) is 0 Å². The van der Waals surface area contributed by atoms with Gasteiger partial charge in [-0.3, -0.25) is 4.79 Å². The van der Waals surface area contributed by atoms with Gasteiger partial charge < -0.3 is 4.74 Å². The molecule has 0 spiro atoms. The molecule has 1 aromatic carbocycles. The zero-order valence-corrected chi connectivity index (χ0v) is 13.8. The highest BCUT2D eigenvalue weighted by Crippen LogP contribution is 2.36. The number of carbonyl (C=O) groups excluding carboxylic acids is 1. The summed E-state index contributed by atoms with van der Waals surface area (Å²) in [5, 5.41) is 4.77. The van der Waals surface area contributed by atoms with Gasteiger partial charge in [0, 0.05) is 6.07 Å². The topological polar surface area (TPSA) is 57.0 Å². The maximum Gasteiger partial charge on any atom is 0.252 e. The van der Waals surface area contributed by atoms with Gasteiger partial charge in [0.05, 0.1) is 21.0 Å². The van der Waals surface area contributed by atoms with Gasteiger partial charge in [0.2, 0.25) is 5.78 Å². The highest BCUT2D eigenvalue weighted by molar-refractivity contribution is 6.43. The first-order chi connectivity index (χ1) is 11.1. The van der Waals surface area contributed by atoms with Crippen LogP contribution in [0.25, 0.3) is 0 Å². The number of nitrogens with zero attached hydrogens (tertiary/aromatic N) is 3.